The Bertz CT molecular complexity index is 525. The molecule has 1 heterocycles. The number of hydrogen-bond acceptors (Lipinski definition) is 3. The fourth-order valence-electron chi connectivity index (χ4n) is 1.46. The Labute approximate surface area is 92.9 Å². The summed E-state index contributed by atoms with van der Waals surface area (Å²) in [7, 11) is 0. The van der Waals surface area contributed by atoms with Crippen LogP contribution in [0.3, 0.4) is 0 Å². The third kappa shape index (κ3) is 2.11. The first-order chi connectivity index (χ1) is 7.66. The summed E-state index contributed by atoms with van der Waals surface area (Å²) in [5, 5.41) is 12.6. The highest BCUT2D eigenvalue weighted by molar-refractivity contribution is 5.83. The van der Waals surface area contributed by atoms with Crippen LogP contribution < -0.4 is 5.32 Å². The van der Waals surface area contributed by atoms with Crippen molar-refractivity contribution >= 4 is 22.6 Å². The lowest BCUT2D eigenvalue weighted by atomic mass is 10.2. The van der Waals surface area contributed by atoms with Gasteiger partial charge >= 0.3 is 5.97 Å². The first-order valence-corrected chi connectivity index (χ1v) is 5.01. The molecule has 0 saturated heterocycles. The maximum Gasteiger partial charge on any atom is 0.325 e. The van der Waals surface area contributed by atoms with Crippen molar-refractivity contribution in [2.24, 2.45) is 0 Å². The fourth-order valence-corrected chi connectivity index (χ4v) is 1.46. The molecule has 0 saturated carbocycles. The van der Waals surface area contributed by atoms with E-state index in [1.807, 2.05) is 30.3 Å². The second-order valence-electron chi connectivity index (χ2n) is 3.62. The maximum absolute atomic E-state index is 10.7. The van der Waals surface area contributed by atoms with Crippen molar-refractivity contribution in [3.8, 4) is 0 Å². The molecule has 0 radical (unpaired) electrons. The summed E-state index contributed by atoms with van der Waals surface area (Å²) in [4.78, 5) is 14.9. The molecule has 0 spiro atoms. The number of carboxylic acids is 1. The van der Waals surface area contributed by atoms with Gasteiger partial charge in [0.25, 0.3) is 0 Å². The Morgan fingerprint density at radius 3 is 2.94 bits per heavy atom. The van der Waals surface area contributed by atoms with E-state index < -0.39 is 12.0 Å². The molecule has 2 rings (SSSR count). The number of para-hydroxylation sites is 1. The van der Waals surface area contributed by atoms with Gasteiger partial charge in [0.05, 0.1) is 17.4 Å². The molecule has 1 atom stereocenters. The first-order valence-electron chi connectivity index (χ1n) is 5.01. The lowest BCUT2D eigenvalue weighted by Crippen LogP contribution is -2.25. The third-order valence-corrected chi connectivity index (χ3v) is 2.34. The van der Waals surface area contributed by atoms with E-state index in [2.05, 4.69) is 10.3 Å². The van der Waals surface area contributed by atoms with Crippen LogP contribution in [-0.4, -0.2) is 22.1 Å². The predicted octanol–water partition coefficient (Wildman–Crippen LogP) is 2.12. The first kappa shape index (κ1) is 10.4. The van der Waals surface area contributed by atoms with Gasteiger partial charge in [-0.15, -0.1) is 0 Å². The van der Waals surface area contributed by atoms with Crippen molar-refractivity contribution in [1.82, 2.24) is 4.98 Å². The van der Waals surface area contributed by atoms with Gasteiger partial charge < -0.3 is 10.4 Å². The summed E-state index contributed by atoms with van der Waals surface area (Å²) in [6.07, 6.45) is 1.64. The number of anilines is 1. The molecule has 0 unspecified atom stereocenters. The number of fused-ring (bicyclic) bond motifs is 1. The molecule has 2 aromatic rings. The number of benzene rings is 1. The molecule has 4 nitrogen and oxygen atoms in total. The SMILES string of the molecule is C[C@@H](Nc1cnc2ccccc2c1)C(=O)O. The van der Waals surface area contributed by atoms with Crippen LogP contribution in [0.1, 0.15) is 6.92 Å². The lowest BCUT2D eigenvalue weighted by molar-refractivity contribution is -0.137. The Morgan fingerprint density at radius 2 is 2.19 bits per heavy atom. The molecule has 0 fully saturated rings. The van der Waals surface area contributed by atoms with Crippen LogP contribution in [-0.2, 0) is 4.79 Å². The van der Waals surface area contributed by atoms with E-state index in [1.54, 1.807) is 13.1 Å². The zero-order chi connectivity index (χ0) is 11.5. The number of hydrogen-bond donors (Lipinski definition) is 2. The number of nitrogens with zero attached hydrogens (tertiary/aromatic N) is 1. The number of nitrogens with one attached hydrogen (secondary N) is 1. The quantitative estimate of drug-likeness (QED) is 0.824. The van der Waals surface area contributed by atoms with Crippen LogP contribution in [0.5, 0.6) is 0 Å². The van der Waals surface area contributed by atoms with Gasteiger partial charge in [-0.3, -0.25) is 9.78 Å². The Morgan fingerprint density at radius 1 is 1.44 bits per heavy atom. The Kier molecular flexibility index (Phi) is 2.72. The van der Waals surface area contributed by atoms with Gasteiger partial charge in [-0.2, -0.15) is 0 Å². The van der Waals surface area contributed by atoms with Crippen molar-refractivity contribution in [3.63, 3.8) is 0 Å². The van der Waals surface area contributed by atoms with E-state index in [-0.39, 0.29) is 0 Å². The number of carboxylic acid groups (broad SMARTS) is 1. The Balaban J connectivity index is 2.29. The minimum atomic E-state index is -0.881. The highest BCUT2D eigenvalue weighted by Gasteiger charge is 2.10. The van der Waals surface area contributed by atoms with E-state index in [4.69, 9.17) is 5.11 Å². The summed E-state index contributed by atoms with van der Waals surface area (Å²) >= 11 is 0. The standard InChI is InChI=1S/C12H12N2O2/c1-8(12(15)16)14-10-6-9-4-2-3-5-11(9)13-7-10/h2-8,14H,1H3,(H,15,16)/t8-/m1/s1. The van der Waals surface area contributed by atoms with Gasteiger partial charge in [-0.1, -0.05) is 18.2 Å². The zero-order valence-electron chi connectivity index (χ0n) is 8.84. The molecule has 2 N–H and O–H groups in total. The molecule has 1 aromatic carbocycles. The molecular weight excluding hydrogens is 204 g/mol. The van der Waals surface area contributed by atoms with Gasteiger partial charge in [0.1, 0.15) is 6.04 Å². The van der Waals surface area contributed by atoms with Gasteiger partial charge in [-0.05, 0) is 19.1 Å². The molecule has 4 heteroatoms. The highest BCUT2D eigenvalue weighted by atomic mass is 16.4. The van der Waals surface area contributed by atoms with E-state index in [0.29, 0.717) is 5.69 Å². The van der Waals surface area contributed by atoms with Crippen LogP contribution in [0.2, 0.25) is 0 Å². The smallest absolute Gasteiger partial charge is 0.325 e. The van der Waals surface area contributed by atoms with Crippen LogP contribution in [0.15, 0.2) is 36.5 Å². The maximum atomic E-state index is 10.7. The van der Waals surface area contributed by atoms with Crippen molar-refractivity contribution < 1.29 is 9.90 Å². The van der Waals surface area contributed by atoms with Gasteiger partial charge in [0, 0.05) is 5.39 Å². The topological polar surface area (TPSA) is 62.2 Å². The lowest BCUT2D eigenvalue weighted by Gasteiger charge is -2.10. The predicted molar refractivity (Wildman–Crippen MR) is 62.5 cm³/mol. The van der Waals surface area contributed by atoms with Crippen LogP contribution in [0.4, 0.5) is 5.69 Å². The van der Waals surface area contributed by atoms with Crippen LogP contribution >= 0.6 is 0 Å². The van der Waals surface area contributed by atoms with Crippen molar-refractivity contribution in [2.45, 2.75) is 13.0 Å². The normalized spacial score (nSPS) is 12.3. The molecule has 82 valence electrons. The number of pyridine rings is 1. The average molecular weight is 216 g/mol. The molecule has 0 aliphatic heterocycles. The minimum absolute atomic E-state index is 0.622. The Hall–Kier alpha value is -2.10. The molecule has 1 aromatic heterocycles. The fraction of sp³-hybridized carbons (Fsp3) is 0.167. The second kappa shape index (κ2) is 4.18. The van der Waals surface area contributed by atoms with E-state index in [9.17, 15) is 4.79 Å². The summed E-state index contributed by atoms with van der Waals surface area (Å²) in [5.41, 5.74) is 1.62. The molecule has 0 amide bonds. The number of carbonyl (C=O) groups is 1. The molecule has 0 bridgehead atoms. The molecule has 16 heavy (non-hydrogen) atoms. The van der Waals surface area contributed by atoms with Crippen molar-refractivity contribution in [1.29, 1.82) is 0 Å². The molecular formula is C12H12N2O2. The summed E-state index contributed by atoms with van der Waals surface area (Å²) in [6, 6.07) is 8.97. The van der Waals surface area contributed by atoms with E-state index >= 15 is 0 Å². The summed E-state index contributed by atoms with van der Waals surface area (Å²) in [6.45, 7) is 1.59. The van der Waals surface area contributed by atoms with Gasteiger partial charge in [-0.25, -0.2) is 0 Å². The monoisotopic (exact) mass is 216 g/mol. The summed E-state index contributed by atoms with van der Waals surface area (Å²) < 4.78 is 0. The van der Waals surface area contributed by atoms with Crippen LogP contribution in [0, 0.1) is 0 Å². The van der Waals surface area contributed by atoms with E-state index in [1.165, 1.54) is 0 Å². The van der Waals surface area contributed by atoms with Crippen molar-refractivity contribution in [2.75, 3.05) is 5.32 Å². The molecule has 0 aliphatic carbocycles. The second-order valence-corrected chi connectivity index (χ2v) is 3.62. The average Bonchev–Trinajstić information content (AvgIpc) is 2.28. The van der Waals surface area contributed by atoms with Crippen LogP contribution in [0.25, 0.3) is 10.9 Å². The van der Waals surface area contributed by atoms with Gasteiger partial charge in [0.15, 0.2) is 0 Å². The van der Waals surface area contributed by atoms with Gasteiger partial charge in [0.2, 0.25) is 0 Å². The largest absolute Gasteiger partial charge is 0.480 e. The minimum Gasteiger partial charge on any atom is -0.480 e. The number of rotatable bonds is 3. The molecule has 0 aliphatic rings. The number of aromatic nitrogens is 1. The zero-order valence-corrected chi connectivity index (χ0v) is 8.84. The third-order valence-electron chi connectivity index (χ3n) is 2.34. The number of aliphatic carboxylic acids is 1. The van der Waals surface area contributed by atoms with Crippen molar-refractivity contribution in [3.05, 3.63) is 36.5 Å². The van der Waals surface area contributed by atoms with E-state index in [0.717, 1.165) is 10.9 Å². The summed E-state index contributed by atoms with van der Waals surface area (Å²) in [5.74, 6) is -0.881. The highest BCUT2D eigenvalue weighted by Crippen LogP contribution is 2.16.